The third-order valence-corrected chi connectivity index (χ3v) is 2.12. The molecule has 5 nitrogen and oxygen atoms in total. The number of halogens is 1. The Labute approximate surface area is 86.3 Å². The minimum atomic E-state index is -0.132. The standard InChI is InChI=1S/C8H10ClN5/c1-6(9)7-5-10-12-14(7)8-3-4-13(2)11-8/h3-6H,1-2H3. The molecule has 0 N–H and O–H groups in total. The fourth-order valence-corrected chi connectivity index (χ4v) is 1.36. The summed E-state index contributed by atoms with van der Waals surface area (Å²) in [7, 11) is 1.85. The molecule has 6 heteroatoms. The highest BCUT2D eigenvalue weighted by Gasteiger charge is 2.12. The van der Waals surface area contributed by atoms with Crippen molar-refractivity contribution in [3.05, 3.63) is 24.2 Å². The first-order chi connectivity index (χ1) is 6.68. The second-order valence-corrected chi connectivity index (χ2v) is 3.69. The lowest BCUT2D eigenvalue weighted by Gasteiger charge is -2.03. The van der Waals surface area contributed by atoms with Crippen LogP contribution in [0, 0.1) is 0 Å². The summed E-state index contributed by atoms with van der Waals surface area (Å²) < 4.78 is 3.34. The van der Waals surface area contributed by atoms with Gasteiger partial charge in [-0.15, -0.1) is 16.7 Å². The average Bonchev–Trinajstić information content (AvgIpc) is 2.70. The van der Waals surface area contributed by atoms with E-state index in [9.17, 15) is 0 Å². The van der Waals surface area contributed by atoms with Crippen molar-refractivity contribution in [3.63, 3.8) is 0 Å². The lowest BCUT2D eigenvalue weighted by molar-refractivity contribution is 0.696. The van der Waals surface area contributed by atoms with Gasteiger partial charge in [0.05, 0.1) is 17.3 Å². The van der Waals surface area contributed by atoms with Crippen LogP contribution in [0.5, 0.6) is 0 Å². The summed E-state index contributed by atoms with van der Waals surface area (Å²) in [4.78, 5) is 0. The van der Waals surface area contributed by atoms with E-state index in [1.807, 2.05) is 26.2 Å². The zero-order valence-corrected chi connectivity index (χ0v) is 8.68. The van der Waals surface area contributed by atoms with Gasteiger partial charge in [-0.1, -0.05) is 5.21 Å². The summed E-state index contributed by atoms with van der Waals surface area (Å²) in [6.07, 6.45) is 3.49. The Bertz CT molecular complexity index is 430. The van der Waals surface area contributed by atoms with Crippen LogP contribution in [0.2, 0.25) is 0 Å². The quantitative estimate of drug-likeness (QED) is 0.704. The van der Waals surface area contributed by atoms with Crippen molar-refractivity contribution in [3.8, 4) is 5.82 Å². The van der Waals surface area contributed by atoms with Gasteiger partial charge in [0.2, 0.25) is 0 Å². The van der Waals surface area contributed by atoms with E-state index in [0.29, 0.717) is 0 Å². The number of aromatic nitrogens is 5. The molecular weight excluding hydrogens is 202 g/mol. The summed E-state index contributed by atoms with van der Waals surface area (Å²) in [5.41, 5.74) is 0.838. The van der Waals surface area contributed by atoms with Crippen LogP contribution in [0.4, 0.5) is 0 Å². The summed E-state index contributed by atoms with van der Waals surface area (Å²) in [5.74, 6) is 0.729. The van der Waals surface area contributed by atoms with Gasteiger partial charge in [-0.25, -0.2) is 0 Å². The number of hydrogen-bond donors (Lipinski definition) is 0. The van der Waals surface area contributed by atoms with Crippen LogP contribution in [-0.2, 0) is 7.05 Å². The van der Waals surface area contributed by atoms with Gasteiger partial charge in [0.1, 0.15) is 0 Å². The maximum Gasteiger partial charge on any atom is 0.177 e. The molecule has 2 aromatic heterocycles. The van der Waals surface area contributed by atoms with E-state index < -0.39 is 0 Å². The highest BCUT2D eigenvalue weighted by molar-refractivity contribution is 6.20. The zero-order valence-electron chi connectivity index (χ0n) is 7.92. The van der Waals surface area contributed by atoms with E-state index in [0.717, 1.165) is 11.5 Å². The molecular formula is C8H10ClN5. The Hall–Kier alpha value is -1.36. The molecule has 0 aliphatic carbocycles. The van der Waals surface area contributed by atoms with E-state index in [1.165, 1.54) is 0 Å². The molecule has 1 unspecified atom stereocenters. The van der Waals surface area contributed by atoms with Gasteiger partial charge in [0.15, 0.2) is 5.82 Å². The lowest BCUT2D eigenvalue weighted by Crippen LogP contribution is -2.04. The second-order valence-electron chi connectivity index (χ2n) is 3.03. The minimum absolute atomic E-state index is 0.132. The Morgan fingerprint density at radius 1 is 1.50 bits per heavy atom. The topological polar surface area (TPSA) is 48.5 Å². The van der Waals surface area contributed by atoms with Crippen LogP contribution in [0.1, 0.15) is 18.0 Å². The number of alkyl halides is 1. The predicted molar refractivity (Wildman–Crippen MR) is 52.4 cm³/mol. The summed E-state index contributed by atoms with van der Waals surface area (Å²) in [6, 6.07) is 1.86. The molecule has 2 rings (SSSR count). The molecule has 0 aromatic carbocycles. The molecule has 1 atom stereocenters. The van der Waals surface area contributed by atoms with Crippen molar-refractivity contribution >= 4 is 11.6 Å². The van der Waals surface area contributed by atoms with Crippen molar-refractivity contribution in [2.24, 2.45) is 7.05 Å². The maximum absolute atomic E-state index is 5.97. The maximum atomic E-state index is 5.97. The Balaban J connectivity index is 2.46. The first-order valence-corrected chi connectivity index (χ1v) is 4.67. The van der Waals surface area contributed by atoms with Crippen LogP contribution < -0.4 is 0 Å². The molecule has 0 aliphatic heterocycles. The summed E-state index contributed by atoms with van der Waals surface area (Å²) >= 11 is 5.97. The fraction of sp³-hybridized carbons (Fsp3) is 0.375. The van der Waals surface area contributed by atoms with Gasteiger partial charge in [-0.05, 0) is 6.92 Å². The highest BCUT2D eigenvalue weighted by atomic mass is 35.5. The molecule has 0 aliphatic rings. The van der Waals surface area contributed by atoms with Crippen molar-refractivity contribution in [2.45, 2.75) is 12.3 Å². The number of hydrogen-bond acceptors (Lipinski definition) is 3. The molecule has 0 fully saturated rings. The van der Waals surface area contributed by atoms with Gasteiger partial charge in [0.25, 0.3) is 0 Å². The largest absolute Gasteiger partial charge is 0.274 e. The zero-order chi connectivity index (χ0) is 10.1. The highest BCUT2D eigenvalue weighted by Crippen LogP contribution is 2.19. The van der Waals surface area contributed by atoms with Gasteiger partial charge in [-0.2, -0.15) is 9.78 Å². The van der Waals surface area contributed by atoms with E-state index in [4.69, 9.17) is 11.6 Å². The number of nitrogens with zero attached hydrogens (tertiary/aromatic N) is 5. The Kier molecular flexibility index (Phi) is 2.25. The van der Waals surface area contributed by atoms with Crippen molar-refractivity contribution < 1.29 is 0 Å². The average molecular weight is 212 g/mol. The Morgan fingerprint density at radius 2 is 2.29 bits per heavy atom. The SMILES string of the molecule is CC(Cl)c1cnnn1-c1ccn(C)n1. The Morgan fingerprint density at radius 3 is 2.86 bits per heavy atom. The van der Waals surface area contributed by atoms with Crippen LogP contribution in [-0.4, -0.2) is 24.8 Å². The van der Waals surface area contributed by atoms with E-state index in [-0.39, 0.29) is 5.38 Å². The first-order valence-electron chi connectivity index (χ1n) is 4.23. The number of aryl methyl sites for hydroxylation is 1. The van der Waals surface area contributed by atoms with Crippen molar-refractivity contribution in [1.29, 1.82) is 0 Å². The van der Waals surface area contributed by atoms with Crippen LogP contribution in [0.25, 0.3) is 5.82 Å². The van der Waals surface area contributed by atoms with Gasteiger partial charge < -0.3 is 0 Å². The molecule has 0 bridgehead atoms. The molecule has 2 aromatic rings. The van der Waals surface area contributed by atoms with E-state index >= 15 is 0 Å². The lowest BCUT2D eigenvalue weighted by atomic mass is 10.3. The molecule has 0 radical (unpaired) electrons. The minimum Gasteiger partial charge on any atom is -0.274 e. The number of rotatable bonds is 2. The van der Waals surface area contributed by atoms with Gasteiger partial charge in [0, 0.05) is 19.3 Å². The van der Waals surface area contributed by atoms with Gasteiger partial charge >= 0.3 is 0 Å². The monoisotopic (exact) mass is 211 g/mol. The van der Waals surface area contributed by atoms with Crippen LogP contribution in [0.15, 0.2) is 18.5 Å². The first kappa shape index (κ1) is 9.21. The predicted octanol–water partition coefficient (Wildman–Crippen LogP) is 1.30. The van der Waals surface area contributed by atoms with E-state index in [1.54, 1.807) is 15.6 Å². The third kappa shape index (κ3) is 1.50. The molecule has 0 amide bonds. The van der Waals surface area contributed by atoms with Crippen LogP contribution >= 0.6 is 11.6 Å². The second kappa shape index (κ2) is 3.42. The molecule has 0 spiro atoms. The van der Waals surface area contributed by atoms with Crippen molar-refractivity contribution in [1.82, 2.24) is 24.8 Å². The fourth-order valence-electron chi connectivity index (χ4n) is 1.21. The third-order valence-electron chi connectivity index (χ3n) is 1.90. The molecule has 0 saturated carbocycles. The molecule has 74 valence electrons. The van der Waals surface area contributed by atoms with Crippen molar-refractivity contribution in [2.75, 3.05) is 0 Å². The van der Waals surface area contributed by atoms with Crippen LogP contribution in [0.3, 0.4) is 0 Å². The summed E-state index contributed by atoms with van der Waals surface area (Å²) in [5, 5.41) is 11.8. The molecule has 2 heterocycles. The normalized spacial score (nSPS) is 13.1. The molecule has 0 saturated heterocycles. The smallest absolute Gasteiger partial charge is 0.177 e. The summed E-state index contributed by atoms with van der Waals surface area (Å²) in [6.45, 7) is 1.87. The van der Waals surface area contributed by atoms with Gasteiger partial charge in [-0.3, -0.25) is 4.68 Å². The molecule has 14 heavy (non-hydrogen) atoms. The van der Waals surface area contributed by atoms with E-state index in [2.05, 4.69) is 15.4 Å².